The zero-order chi connectivity index (χ0) is 10.8. The number of hydrogen-bond acceptors (Lipinski definition) is 3. The quantitative estimate of drug-likeness (QED) is 0.590. The number of carbonyl (C=O) groups excluding carboxylic acids is 1. The van der Waals surface area contributed by atoms with Crippen molar-refractivity contribution in [3.8, 4) is 0 Å². The monoisotopic (exact) mass is 211 g/mol. The summed E-state index contributed by atoms with van der Waals surface area (Å²) >= 11 is 0. The maximum Gasteiger partial charge on any atom is 0.235 e. The van der Waals surface area contributed by atoms with Crippen LogP contribution in [-0.4, -0.2) is 25.0 Å². The summed E-state index contributed by atoms with van der Waals surface area (Å²) in [6.07, 6.45) is 5.62. The van der Waals surface area contributed by atoms with E-state index in [2.05, 4.69) is 5.32 Å². The van der Waals surface area contributed by atoms with E-state index >= 15 is 0 Å². The van der Waals surface area contributed by atoms with Gasteiger partial charge >= 0.3 is 0 Å². The van der Waals surface area contributed by atoms with E-state index in [1.165, 1.54) is 25.7 Å². The standard InChI is InChI=1S/C11H21N3O/c12-10(11(13)15)6-14-5-9-4-7-1-2-8(9)3-7/h7-10,14H,1-6,12H2,(H2,13,15). The highest BCUT2D eigenvalue weighted by Gasteiger charge is 2.38. The van der Waals surface area contributed by atoms with Crippen molar-refractivity contribution in [2.45, 2.75) is 31.7 Å². The number of hydrogen-bond donors (Lipinski definition) is 3. The van der Waals surface area contributed by atoms with Crippen LogP contribution < -0.4 is 16.8 Å². The molecule has 4 heteroatoms. The number of nitrogens with two attached hydrogens (primary N) is 2. The first-order valence-corrected chi connectivity index (χ1v) is 5.92. The van der Waals surface area contributed by atoms with E-state index in [1.807, 2.05) is 0 Å². The molecule has 2 fully saturated rings. The lowest BCUT2D eigenvalue weighted by molar-refractivity contribution is -0.119. The molecule has 0 aromatic carbocycles. The Balaban J connectivity index is 1.64. The molecular weight excluding hydrogens is 190 g/mol. The van der Waals surface area contributed by atoms with E-state index in [9.17, 15) is 4.79 Å². The molecule has 4 unspecified atom stereocenters. The van der Waals surface area contributed by atoms with Gasteiger partial charge in [-0.1, -0.05) is 6.42 Å². The summed E-state index contributed by atoms with van der Waals surface area (Å²) in [6.45, 7) is 1.52. The van der Waals surface area contributed by atoms with Gasteiger partial charge in [-0.2, -0.15) is 0 Å². The summed E-state index contributed by atoms with van der Waals surface area (Å²) in [5.74, 6) is 2.29. The van der Waals surface area contributed by atoms with Crippen molar-refractivity contribution in [2.75, 3.05) is 13.1 Å². The van der Waals surface area contributed by atoms with Crippen LogP contribution in [0.1, 0.15) is 25.7 Å². The highest BCUT2D eigenvalue weighted by molar-refractivity contribution is 5.79. The molecule has 0 heterocycles. The van der Waals surface area contributed by atoms with Crippen LogP contribution in [0.25, 0.3) is 0 Å². The van der Waals surface area contributed by atoms with Gasteiger partial charge in [0.15, 0.2) is 0 Å². The molecule has 4 atom stereocenters. The molecule has 0 spiro atoms. The van der Waals surface area contributed by atoms with Crippen molar-refractivity contribution < 1.29 is 4.79 Å². The molecule has 1 amide bonds. The Morgan fingerprint density at radius 2 is 2.20 bits per heavy atom. The van der Waals surface area contributed by atoms with Crippen molar-refractivity contribution in [3.05, 3.63) is 0 Å². The molecule has 2 aliphatic carbocycles. The van der Waals surface area contributed by atoms with E-state index in [1.54, 1.807) is 0 Å². The summed E-state index contributed by atoms with van der Waals surface area (Å²) in [5.41, 5.74) is 10.6. The van der Waals surface area contributed by atoms with Crippen LogP contribution >= 0.6 is 0 Å². The Bertz CT molecular complexity index is 244. The van der Waals surface area contributed by atoms with Gasteiger partial charge in [0.25, 0.3) is 0 Å². The Hall–Kier alpha value is -0.610. The third kappa shape index (κ3) is 2.49. The normalized spacial score (nSPS) is 35.7. The molecule has 0 aliphatic heterocycles. The second-order valence-corrected chi connectivity index (χ2v) is 5.10. The van der Waals surface area contributed by atoms with E-state index in [0.29, 0.717) is 6.54 Å². The van der Waals surface area contributed by atoms with Gasteiger partial charge in [0.05, 0.1) is 6.04 Å². The molecule has 2 saturated carbocycles. The average Bonchev–Trinajstić information content (AvgIpc) is 2.78. The Kier molecular flexibility index (Phi) is 3.26. The first-order chi connectivity index (χ1) is 7.16. The fourth-order valence-corrected chi connectivity index (χ4v) is 3.15. The molecule has 2 rings (SSSR count). The van der Waals surface area contributed by atoms with Gasteiger partial charge in [-0.25, -0.2) is 0 Å². The first kappa shape index (κ1) is 10.9. The third-order valence-corrected chi connectivity index (χ3v) is 4.02. The van der Waals surface area contributed by atoms with Crippen LogP contribution in [0, 0.1) is 17.8 Å². The summed E-state index contributed by atoms with van der Waals surface area (Å²) < 4.78 is 0. The van der Waals surface area contributed by atoms with E-state index in [4.69, 9.17) is 11.5 Å². The van der Waals surface area contributed by atoms with Gasteiger partial charge in [0.1, 0.15) is 0 Å². The number of carbonyl (C=O) groups is 1. The van der Waals surface area contributed by atoms with Crippen molar-refractivity contribution in [2.24, 2.45) is 29.2 Å². The van der Waals surface area contributed by atoms with Crippen LogP contribution in [0.4, 0.5) is 0 Å². The van der Waals surface area contributed by atoms with Crippen molar-refractivity contribution in [1.82, 2.24) is 5.32 Å². The second kappa shape index (κ2) is 4.49. The topological polar surface area (TPSA) is 81.1 Å². The number of nitrogens with one attached hydrogen (secondary N) is 1. The number of fused-ring (bicyclic) bond motifs is 2. The van der Waals surface area contributed by atoms with Crippen LogP contribution in [0.15, 0.2) is 0 Å². The van der Waals surface area contributed by atoms with Gasteiger partial charge in [-0.15, -0.1) is 0 Å². The number of rotatable bonds is 5. The molecule has 86 valence electrons. The van der Waals surface area contributed by atoms with E-state index in [0.717, 1.165) is 24.3 Å². The molecule has 0 aromatic heterocycles. The average molecular weight is 211 g/mol. The maximum atomic E-state index is 10.7. The Morgan fingerprint density at radius 3 is 2.73 bits per heavy atom. The molecule has 0 aromatic rings. The van der Waals surface area contributed by atoms with Crippen LogP contribution in [0.5, 0.6) is 0 Å². The van der Waals surface area contributed by atoms with Gasteiger partial charge < -0.3 is 16.8 Å². The Labute approximate surface area is 90.8 Å². The molecule has 0 radical (unpaired) electrons. The van der Waals surface area contributed by atoms with Crippen LogP contribution in [0.2, 0.25) is 0 Å². The van der Waals surface area contributed by atoms with Crippen molar-refractivity contribution >= 4 is 5.91 Å². The lowest BCUT2D eigenvalue weighted by atomic mass is 9.89. The van der Waals surface area contributed by atoms with E-state index < -0.39 is 11.9 Å². The summed E-state index contributed by atoms with van der Waals surface area (Å²) in [6, 6.07) is -0.538. The lowest BCUT2D eigenvalue weighted by Gasteiger charge is -2.22. The minimum absolute atomic E-state index is 0.421. The zero-order valence-electron chi connectivity index (χ0n) is 9.11. The van der Waals surface area contributed by atoms with Gasteiger partial charge in [-0.3, -0.25) is 4.79 Å². The summed E-state index contributed by atoms with van der Waals surface area (Å²) in [4.78, 5) is 10.7. The molecule has 0 saturated heterocycles. The van der Waals surface area contributed by atoms with Gasteiger partial charge in [-0.05, 0) is 43.6 Å². The fourth-order valence-electron chi connectivity index (χ4n) is 3.15. The summed E-state index contributed by atoms with van der Waals surface area (Å²) in [7, 11) is 0. The van der Waals surface area contributed by atoms with Crippen LogP contribution in [0.3, 0.4) is 0 Å². The predicted molar refractivity (Wildman–Crippen MR) is 59.0 cm³/mol. The first-order valence-electron chi connectivity index (χ1n) is 5.92. The van der Waals surface area contributed by atoms with Gasteiger partial charge in [0, 0.05) is 6.54 Å². The minimum atomic E-state index is -0.538. The molecule has 2 bridgehead atoms. The minimum Gasteiger partial charge on any atom is -0.368 e. The maximum absolute atomic E-state index is 10.7. The molecule has 4 nitrogen and oxygen atoms in total. The molecule has 5 N–H and O–H groups in total. The molecule has 2 aliphatic rings. The lowest BCUT2D eigenvalue weighted by Crippen LogP contribution is -2.45. The fraction of sp³-hybridized carbons (Fsp3) is 0.909. The highest BCUT2D eigenvalue weighted by Crippen LogP contribution is 2.47. The zero-order valence-corrected chi connectivity index (χ0v) is 9.11. The number of primary amides is 1. The largest absolute Gasteiger partial charge is 0.368 e. The molecule has 15 heavy (non-hydrogen) atoms. The van der Waals surface area contributed by atoms with E-state index in [-0.39, 0.29) is 0 Å². The Morgan fingerprint density at radius 1 is 1.40 bits per heavy atom. The SMILES string of the molecule is NC(=O)C(N)CNCC1CC2CCC1C2. The van der Waals surface area contributed by atoms with Crippen molar-refractivity contribution in [1.29, 1.82) is 0 Å². The second-order valence-electron chi connectivity index (χ2n) is 5.10. The molecular formula is C11H21N3O. The third-order valence-electron chi connectivity index (χ3n) is 4.02. The highest BCUT2D eigenvalue weighted by atomic mass is 16.1. The number of amides is 1. The van der Waals surface area contributed by atoms with Crippen molar-refractivity contribution in [3.63, 3.8) is 0 Å². The van der Waals surface area contributed by atoms with Crippen LogP contribution in [-0.2, 0) is 4.79 Å². The summed E-state index contributed by atoms with van der Waals surface area (Å²) in [5, 5.41) is 3.27. The predicted octanol–water partition coefficient (Wildman–Crippen LogP) is -0.175. The van der Waals surface area contributed by atoms with Gasteiger partial charge in [0.2, 0.25) is 5.91 Å². The smallest absolute Gasteiger partial charge is 0.235 e.